The number of nitrogen functional groups attached to an aromatic ring is 1. The molecule has 1 aromatic rings. The fourth-order valence-electron chi connectivity index (χ4n) is 0.802. The molecule has 15 heavy (non-hydrogen) atoms. The summed E-state index contributed by atoms with van der Waals surface area (Å²) < 4.78 is 25.2. The summed E-state index contributed by atoms with van der Waals surface area (Å²) in [5, 5.41) is 10.7. The highest BCUT2D eigenvalue weighted by atomic mass is 19.3. The lowest BCUT2D eigenvalue weighted by atomic mass is 10.3. The number of halogens is 2. The van der Waals surface area contributed by atoms with Crippen molar-refractivity contribution in [2.45, 2.75) is 5.92 Å². The fourth-order valence-corrected chi connectivity index (χ4v) is 0.802. The van der Waals surface area contributed by atoms with Gasteiger partial charge in [-0.05, 0) is 6.07 Å². The standard InChI is InChI=1S/C7H11F2N5O/c8-7(9,4-15)3-12-5-1-2-11-6(13-5)14-10/h1-2,15H,3-4,10H2,(H2,11,12,13,14). The number of rotatable bonds is 5. The molecule has 0 aliphatic rings. The molecule has 0 radical (unpaired) electrons. The van der Waals surface area contributed by atoms with Crippen molar-refractivity contribution in [2.75, 3.05) is 23.9 Å². The molecule has 8 heteroatoms. The quantitative estimate of drug-likeness (QED) is 0.404. The predicted molar refractivity (Wildman–Crippen MR) is 50.4 cm³/mol. The van der Waals surface area contributed by atoms with Gasteiger partial charge < -0.3 is 10.4 Å². The molecule has 0 bridgehead atoms. The molecule has 0 aromatic carbocycles. The molecule has 1 aromatic heterocycles. The van der Waals surface area contributed by atoms with E-state index in [1.54, 1.807) is 0 Å². The lowest BCUT2D eigenvalue weighted by Gasteiger charge is -2.14. The number of aromatic nitrogens is 2. The van der Waals surface area contributed by atoms with Crippen LogP contribution in [0, 0.1) is 0 Å². The van der Waals surface area contributed by atoms with Crippen molar-refractivity contribution in [3.8, 4) is 0 Å². The topological polar surface area (TPSA) is 96.1 Å². The van der Waals surface area contributed by atoms with Gasteiger partial charge in [0.1, 0.15) is 12.4 Å². The van der Waals surface area contributed by atoms with E-state index in [0.717, 1.165) is 0 Å². The maximum absolute atomic E-state index is 12.6. The van der Waals surface area contributed by atoms with Crippen LogP contribution >= 0.6 is 0 Å². The van der Waals surface area contributed by atoms with Crippen LogP contribution in [0.5, 0.6) is 0 Å². The molecular weight excluding hydrogens is 208 g/mol. The third-order valence-electron chi connectivity index (χ3n) is 1.54. The fraction of sp³-hybridized carbons (Fsp3) is 0.429. The SMILES string of the molecule is NNc1nccc(NCC(F)(F)CO)n1. The Morgan fingerprint density at radius 3 is 2.87 bits per heavy atom. The largest absolute Gasteiger partial charge is 0.390 e. The van der Waals surface area contributed by atoms with Gasteiger partial charge in [-0.1, -0.05) is 0 Å². The van der Waals surface area contributed by atoms with Crippen LogP contribution in [-0.2, 0) is 0 Å². The molecule has 0 atom stereocenters. The van der Waals surface area contributed by atoms with Crippen LogP contribution in [0.15, 0.2) is 12.3 Å². The number of nitrogens with two attached hydrogens (primary N) is 1. The van der Waals surface area contributed by atoms with Crippen molar-refractivity contribution in [3.63, 3.8) is 0 Å². The lowest BCUT2D eigenvalue weighted by Crippen LogP contribution is -2.31. The smallest absolute Gasteiger partial charge is 0.287 e. The van der Waals surface area contributed by atoms with Gasteiger partial charge in [0.2, 0.25) is 5.95 Å². The average Bonchev–Trinajstić information content (AvgIpc) is 2.27. The number of hydrazine groups is 1. The molecule has 0 spiro atoms. The van der Waals surface area contributed by atoms with Gasteiger partial charge in [-0.25, -0.2) is 19.6 Å². The Balaban J connectivity index is 2.57. The Kier molecular flexibility index (Phi) is 3.69. The highest BCUT2D eigenvalue weighted by molar-refractivity contribution is 5.38. The minimum Gasteiger partial charge on any atom is -0.390 e. The minimum atomic E-state index is -3.18. The maximum Gasteiger partial charge on any atom is 0.287 e. The summed E-state index contributed by atoms with van der Waals surface area (Å²) in [6.07, 6.45) is 1.36. The van der Waals surface area contributed by atoms with E-state index >= 15 is 0 Å². The van der Waals surface area contributed by atoms with E-state index in [0.29, 0.717) is 0 Å². The van der Waals surface area contributed by atoms with Gasteiger partial charge >= 0.3 is 0 Å². The van der Waals surface area contributed by atoms with Crippen LogP contribution in [0.2, 0.25) is 0 Å². The first-order chi connectivity index (χ1) is 7.07. The van der Waals surface area contributed by atoms with Crippen LogP contribution in [0.3, 0.4) is 0 Å². The van der Waals surface area contributed by atoms with Crippen LogP contribution < -0.4 is 16.6 Å². The second-order valence-corrected chi connectivity index (χ2v) is 2.78. The number of hydrogen-bond donors (Lipinski definition) is 4. The number of nitrogens with zero attached hydrogens (tertiary/aromatic N) is 2. The summed E-state index contributed by atoms with van der Waals surface area (Å²) in [6, 6.07) is 1.41. The first kappa shape index (κ1) is 11.5. The molecule has 0 aliphatic heterocycles. The van der Waals surface area contributed by atoms with Gasteiger partial charge in [0.25, 0.3) is 5.92 Å². The number of alkyl halides is 2. The summed E-state index contributed by atoms with van der Waals surface area (Å²) in [4.78, 5) is 7.45. The average molecular weight is 219 g/mol. The Labute approximate surface area is 84.5 Å². The second-order valence-electron chi connectivity index (χ2n) is 2.78. The van der Waals surface area contributed by atoms with Crippen molar-refractivity contribution < 1.29 is 13.9 Å². The Morgan fingerprint density at radius 1 is 1.53 bits per heavy atom. The normalized spacial score (nSPS) is 11.2. The zero-order valence-electron chi connectivity index (χ0n) is 7.74. The highest BCUT2D eigenvalue weighted by Crippen LogP contribution is 2.13. The minimum absolute atomic E-state index is 0.118. The molecule has 0 unspecified atom stereocenters. The van der Waals surface area contributed by atoms with E-state index < -0.39 is 19.1 Å². The summed E-state index contributed by atoms with van der Waals surface area (Å²) in [5.41, 5.74) is 2.18. The molecule has 0 amide bonds. The number of aliphatic hydroxyl groups is 1. The molecule has 1 heterocycles. The molecule has 0 aliphatic carbocycles. The molecule has 0 fully saturated rings. The van der Waals surface area contributed by atoms with E-state index in [4.69, 9.17) is 10.9 Å². The first-order valence-electron chi connectivity index (χ1n) is 4.09. The van der Waals surface area contributed by atoms with Gasteiger partial charge in [0.05, 0.1) is 6.54 Å². The Bertz CT molecular complexity index is 322. The molecule has 84 valence electrons. The van der Waals surface area contributed by atoms with Crippen LogP contribution in [0.25, 0.3) is 0 Å². The Morgan fingerprint density at radius 2 is 2.27 bits per heavy atom. The van der Waals surface area contributed by atoms with E-state index in [9.17, 15) is 8.78 Å². The monoisotopic (exact) mass is 219 g/mol. The van der Waals surface area contributed by atoms with Crippen molar-refractivity contribution >= 4 is 11.8 Å². The van der Waals surface area contributed by atoms with Gasteiger partial charge in [0, 0.05) is 6.20 Å². The summed E-state index contributed by atoms with van der Waals surface area (Å²) in [5.74, 6) is 2.17. The van der Waals surface area contributed by atoms with Crippen molar-refractivity contribution in [1.82, 2.24) is 9.97 Å². The Hall–Kier alpha value is -1.54. The first-order valence-corrected chi connectivity index (χ1v) is 4.09. The molecule has 6 nitrogen and oxygen atoms in total. The van der Waals surface area contributed by atoms with E-state index in [-0.39, 0.29) is 11.8 Å². The van der Waals surface area contributed by atoms with Gasteiger partial charge in [-0.3, -0.25) is 5.43 Å². The van der Waals surface area contributed by atoms with E-state index in [1.807, 2.05) is 0 Å². The summed E-state index contributed by atoms with van der Waals surface area (Å²) in [7, 11) is 0. The van der Waals surface area contributed by atoms with Crippen LogP contribution in [-0.4, -0.2) is 34.1 Å². The number of anilines is 2. The van der Waals surface area contributed by atoms with Gasteiger partial charge in [0.15, 0.2) is 0 Å². The third-order valence-corrected chi connectivity index (χ3v) is 1.54. The van der Waals surface area contributed by atoms with E-state index in [1.165, 1.54) is 12.3 Å². The predicted octanol–water partition coefficient (Wildman–Crippen LogP) is -0.198. The lowest BCUT2D eigenvalue weighted by molar-refractivity contribution is -0.0373. The molecule has 1 rings (SSSR count). The third kappa shape index (κ3) is 3.60. The number of hydrogen-bond acceptors (Lipinski definition) is 6. The zero-order valence-corrected chi connectivity index (χ0v) is 7.74. The van der Waals surface area contributed by atoms with Gasteiger partial charge in [-0.2, -0.15) is 4.98 Å². The van der Waals surface area contributed by atoms with Crippen LogP contribution in [0.1, 0.15) is 0 Å². The summed E-state index contributed by atoms with van der Waals surface area (Å²) in [6.45, 7) is -1.92. The maximum atomic E-state index is 12.6. The number of nitrogens with one attached hydrogen (secondary N) is 2. The van der Waals surface area contributed by atoms with Crippen molar-refractivity contribution in [2.24, 2.45) is 5.84 Å². The van der Waals surface area contributed by atoms with Crippen molar-refractivity contribution in [3.05, 3.63) is 12.3 Å². The zero-order chi connectivity index (χ0) is 11.3. The number of aliphatic hydroxyl groups excluding tert-OH is 1. The van der Waals surface area contributed by atoms with E-state index in [2.05, 4.69) is 20.7 Å². The van der Waals surface area contributed by atoms with Crippen molar-refractivity contribution in [1.29, 1.82) is 0 Å². The second kappa shape index (κ2) is 4.80. The molecule has 5 N–H and O–H groups in total. The summed E-state index contributed by atoms with van der Waals surface area (Å²) >= 11 is 0. The molecule has 0 saturated heterocycles. The highest BCUT2D eigenvalue weighted by Gasteiger charge is 2.27. The van der Waals surface area contributed by atoms with Gasteiger partial charge in [-0.15, -0.1) is 0 Å². The molecule has 0 saturated carbocycles. The van der Waals surface area contributed by atoms with Crippen LogP contribution in [0.4, 0.5) is 20.5 Å². The molecular formula is C7H11F2N5O.